The summed E-state index contributed by atoms with van der Waals surface area (Å²) in [6, 6.07) is 5.81. The summed E-state index contributed by atoms with van der Waals surface area (Å²) < 4.78 is 18.4. The molecule has 1 aromatic heterocycles. The summed E-state index contributed by atoms with van der Waals surface area (Å²) in [5.74, 6) is 4.73. The second kappa shape index (κ2) is 7.22. The number of carbonyl (C=O) groups excluding carboxylic acids is 1. The van der Waals surface area contributed by atoms with Gasteiger partial charge < -0.3 is 14.9 Å². The highest BCUT2D eigenvalue weighted by Gasteiger charge is 2.10. The normalized spacial score (nSPS) is 9.81. The van der Waals surface area contributed by atoms with Crippen LogP contribution >= 0.6 is 0 Å². The molecule has 1 aromatic carbocycles. The summed E-state index contributed by atoms with van der Waals surface area (Å²) in [7, 11) is 0. The first-order valence-electron chi connectivity index (χ1n) is 6.27. The van der Waals surface area contributed by atoms with Crippen molar-refractivity contribution in [1.82, 2.24) is 10.5 Å². The van der Waals surface area contributed by atoms with E-state index in [1.807, 2.05) is 0 Å². The first-order chi connectivity index (χ1) is 10.2. The summed E-state index contributed by atoms with van der Waals surface area (Å²) in [5.41, 5.74) is 0.937. The minimum atomic E-state index is -0.469. The van der Waals surface area contributed by atoms with Gasteiger partial charge in [0.25, 0.3) is 5.91 Å². The van der Waals surface area contributed by atoms with Gasteiger partial charge in [-0.05, 0) is 18.2 Å². The van der Waals surface area contributed by atoms with Gasteiger partial charge in [-0.2, -0.15) is 0 Å². The zero-order valence-electron chi connectivity index (χ0n) is 11.1. The molecular formula is C15H13FN2O3. The van der Waals surface area contributed by atoms with Crippen LogP contribution in [0.15, 0.2) is 35.0 Å². The Hall–Kier alpha value is -2.65. The van der Waals surface area contributed by atoms with Crippen molar-refractivity contribution in [3.8, 4) is 11.8 Å². The van der Waals surface area contributed by atoms with Gasteiger partial charge in [-0.25, -0.2) is 4.39 Å². The van der Waals surface area contributed by atoms with Gasteiger partial charge in [0.1, 0.15) is 5.82 Å². The van der Waals surface area contributed by atoms with Crippen molar-refractivity contribution in [2.45, 2.75) is 13.0 Å². The molecule has 2 N–H and O–H groups in total. The fraction of sp³-hybridized carbons (Fsp3) is 0.200. The van der Waals surface area contributed by atoms with Crippen LogP contribution in [0.25, 0.3) is 0 Å². The number of nitrogens with zero attached hydrogens (tertiary/aromatic N) is 1. The van der Waals surface area contributed by atoms with Crippen LogP contribution in [0, 0.1) is 17.7 Å². The molecule has 2 rings (SSSR count). The molecule has 0 aliphatic carbocycles. The second-order valence-corrected chi connectivity index (χ2v) is 4.14. The highest BCUT2D eigenvalue weighted by molar-refractivity contribution is 5.91. The third-order valence-corrected chi connectivity index (χ3v) is 2.62. The van der Waals surface area contributed by atoms with Gasteiger partial charge in [0.15, 0.2) is 0 Å². The Bertz CT molecular complexity index is 672. The SMILES string of the molecule is O=C(NCc1cc(C#CCCO)ccc1F)c1ccno1. The molecule has 0 aliphatic rings. The largest absolute Gasteiger partial charge is 0.395 e. The lowest BCUT2D eigenvalue weighted by atomic mass is 10.1. The number of aliphatic hydroxyl groups is 1. The van der Waals surface area contributed by atoms with Crippen molar-refractivity contribution in [1.29, 1.82) is 0 Å². The molecule has 0 aliphatic heterocycles. The smallest absolute Gasteiger partial charge is 0.290 e. The molecule has 6 heteroatoms. The van der Waals surface area contributed by atoms with Gasteiger partial charge in [0, 0.05) is 30.2 Å². The molecule has 1 heterocycles. The minimum absolute atomic E-state index is 0.0148. The highest BCUT2D eigenvalue weighted by Crippen LogP contribution is 2.10. The molecule has 0 saturated carbocycles. The van der Waals surface area contributed by atoms with Gasteiger partial charge in [0.05, 0.1) is 12.8 Å². The van der Waals surface area contributed by atoms with Crippen molar-refractivity contribution in [2.24, 2.45) is 0 Å². The van der Waals surface area contributed by atoms with Crippen LogP contribution in [0.5, 0.6) is 0 Å². The van der Waals surface area contributed by atoms with Crippen LogP contribution in [0.4, 0.5) is 4.39 Å². The van der Waals surface area contributed by atoms with E-state index in [0.29, 0.717) is 17.5 Å². The van der Waals surface area contributed by atoms with Crippen LogP contribution in [-0.4, -0.2) is 22.8 Å². The number of hydrogen-bond donors (Lipinski definition) is 2. The highest BCUT2D eigenvalue weighted by atomic mass is 19.1. The molecule has 108 valence electrons. The third kappa shape index (κ3) is 4.16. The average molecular weight is 288 g/mol. The number of hydrogen-bond acceptors (Lipinski definition) is 4. The molecule has 0 bridgehead atoms. The molecule has 0 fully saturated rings. The molecule has 0 atom stereocenters. The Morgan fingerprint density at radius 2 is 2.29 bits per heavy atom. The summed E-state index contributed by atoms with van der Waals surface area (Å²) in [6.07, 6.45) is 1.71. The number of carbonyl (C=O) groups is 1. The second-order valence-electron chi connectivity index (χ2n) is 4.14. The van der Waals surface area contributed by atoms with E-state index in [1.165, 1.54) is 18.3 Å². The Balaban J connectivity index is 2.04. The number of halogens is 1. The van der Waals surface area contributed by atoms with Gasteiger partial charge in [-0.3, -0.25) is 4.79 Å². The topological polar surface area (TPSA) is 75.4 Å². The van der Waals surface area contributed by atoms with Crippen molar-refractivity contribution in [2.75, 3.05) is 6.61 Å². The summed E-state index contributed by atoms with van der Waals surface area (Å²) in [6.45, 7) is -0.00478. The van der Waals surface area contributed by atoms with E-state index in [-0.39, 0.29) is 18.9 Å². The first-order valence-corrected chi connectivity index (χ1v) is 6.27. The van der Waals surface area contributed by atoms with Crippen LogP contribution in [0.2, 0.25) is 0 Å². The van der Waals surface area contributed by atoms with Crippen molar-refractivity contribution >= 4 is 5.91 Å². The predicted molar refractivity (Wildman–Crippen MR) is 72.7 cm³/mol. The summed E-state index contributed by atoms with van der Waals surface area (Å²) in [5, 5.41) is 14.6. The van der Waals surface area contributed by atoms with E-state index in [2.05, 4.69) is 22.3 Å². The fourth-order valence-corrected chi connectivity index (χ4v) is 1.60. The zero-order valence-corrected chi connectivity index (χ0v) is 11.1. The maximum atomic E-state index is 13.7. The standard InChI is InChI=1S/C15H13FN2O3/c16-13-5-4-11(3-1-2-8-19)9-12(13)10-17-15(20)14-6-7-18-21-14/h4-7,9,19H,2,8,10H2,(H,17,20). The Kier molecular flexibility index (Phi) is 5.07. The Morgan fingerprint density at radius 3 is 3.00 bits per heavy atom. The molecule has 1 amide bonds. The van der Waals surface area contributed by atoms with Crippen molar-refractivity contribution in [3.05, 3.63) is 53.2 Å². The van der Waals surface area contributed by atoms with Crippen LogP contribution in [0.1, 0.15) is 28.1 Å². The Morgan fingerprint density at radius 1 is 1.43 bits per heavy atom. The lowest BCUT2D eigenvalue weighted by Gasteiger charge is -2.05. The fourth-order valence-electron chi connectivity index (χ4n) is 1.60. The molecule has 0 saturated heterocycles. The van der Waals surface area contributed by atoms with Gasteiger partial charge in [-0.15, -0.1) is 0 Å². The maximum Gasteiger partial charge on any atom is 0.290 e. The minimum Gasteiger partial charge on any atom is -0.395 e. The molecule has 0 unspecified atom stereocenters. The van der Waals surface area contributed by atoms with E-state index >= 15 is 0 Å². The number of nitrogens with one attached hydrogen (secondary N) is 1. The van der Waals surface area contributed by atoms with Crippen LogP contribution in [-0.2, 0) is 6.54 Å². The number of aliphatic hydroxyl groups excluding tert-OH is 1. The predicted octanol–water partition coefficient (Wildman–Crippen LogP) is 1.48. The van der Waals surface area contributed by atoms with E-state index in [4.69, 9.17) is 9.63 Å². The number of benzene rings is 1. The number of aromatic nitrogens is 1. The van der Waals surface area contributed by atoms with Crippen molar-refractivity contribution < 1.29 is 18.8 Å². The summed E-state index contributed by atoms with van der Waals surface area (Å²) >= 11 is 0. The molecule has 5 nitrogen and oxygen atoms in total. The van der Waals surface area contributed by atoms with Crippen molar-refractivity contribution in [3.63, 3.8) is 0 Å². The van der Waals surface area contributed by atoms with E-state index in [0.717, 1.165) is 0 Å². The van der Waals surface area contributed by atoms with E-state index < -0.39 is 11.7 Å². The summed E-state index contributed by atoms with van der Waals surface area (Å²) in [4.78, 5) is 11.7. The molecule has 0 spiro atoms. The maximum absolute atomic E-state index is 13.7. The lowest BCUT2D eigenvalue weighted by molar-refractivity contribution is 0.0913. The zero-order chi connectivity index (χ0) is 15.1. The van der Waals surface area contributed by atoms with Gasteiger partial charge >= 0.3 is 0 Å². The molecule has 21 heavy (non-hydrogen) atoms. The quantitative estimate of drug-likeness (QED) is 0.836. The monoisotopic (exact) mass is 288 g/mol. The van der Waals surface area contributed by atoms with Crippen LogP contribution in [0.3, 0.4) is 0 Å². The first kappa shape index (κ1) is 14.8. The van der Waals surface area contributed by atoms with E-state index in [9.17, 15) is 9.18 Å². The average Bonchev–Trinajstić information content (AvgIpc) is 3.02. The van der Waals surface area contributed by atoms with E-state index in [1.54, 1.807) is 12.1 Å². The third-order valence-electron chi connectivity index (χ3n) is 2.62. The molecular weight excluding hydrogens is 275 g/mol. The number of rotatable bonds is 4. The van der Waals surface area contributed by atoms with Crippen LogP contribution < -0.4 is 5.32 Å². The number of amides is 1. The Labute approximate surface area is 120 Å². The molecule has 0 radical (unpaired) electrons. The van der Waals surface area contributed by atoms with Gasteiger partial charge in [-0.1, -0.05) is 17.0 Å². The lowest BCUT2D eigenvalue weighted by Crippen LogP contribution is -2.22. The van der Waals surface area contributed by atoms with Gasteiger partial charge in [0.2, 0.25) is 5.76 Å². The molecule has 2 aromatic rings.